The summed E-state index contributed by atoms with van der Waals surface area (Å²) in [6.07, 6.45) is 0. The second-order valence-corrected chi connectivity index (χ2v) is 5.96. The molecule has 1 fully saturated rings. The number of halogens is 1. The maximum absolute atomic E-state index is 11.2. The molecule has 1 aromatic carbocycles. The second-order valence-electron chi connectivity index (χ2n) is 5.55. The standard InChI is InChI=1S/C15H18ClN3O3/c1-18-13-4-2-3-11(16)14(13)12(17-18)8-19-5-6-22-9-10(7-19)15(20)21/h2-4,10H,5-9H2,1H3,(H,20,21). The van der Waals surface area contributed by atoms with Crippen molar-refractivity contribution in [3.05, 3.63) is 28.9 Å². The van der Waals surface area contributed by atoms with Gasteiger partial charge in [0.1, 0.15) is 0 Å². The number of hydrogen-bond donors (Lipinski definition) is 1. The molecule has 1 atom stereocenters. The van der Waals surface area contributed by atoms with E-state index in [9.17, 15) is 9.90 Å². The van der Waals surface area contributed by atoms with Gasteiger partial charge in [-0.1, -0.05) is 17.7 Å². The van der Waals surface area contributed by atoms with Gasteiger partial charge in [-0.05, 0) is 12.1 Å². The third-order valence-electron chi connectivity index (χ3n) is 3.97. The van der Waals surface area contributed by atoms with Crippen LogP contribution in [0, 0.1) is 5.92 Å². The van der Waals surface area contributed by atoms with Crippen molar-refractivity contribution >= 4 is 28.5 Å². The molecule has 6 nitrogen and oxygen atoms in total. The quantitative estimate of drug-likeness (QED) is 0.932. The number of carboxylic acid groups (broad SMARTS) is 1. The lowest BCUT2D eigenvalue weighted by molar-refractivity contribution is -0.143. The van der Waals surface area contributed by atoms with Crippen LogP contribution >= 0.6 is 11.6 Å². The van der Waals surface area contributed by atoms with Crippen molar-refractivity contribution in [1.29, 1.82) is 0 Å². The Bertz CT molecular complexity index is 701. The molecule has 0 saturated carbocycles. The van der Waals surface area contributed by atoms with Crippen LogP contribution in [-0.2, 0) is 23.1 Å². The number of ether oxygens (including phenoxy) is 1. The number of rotatable bonds is 3. The van der Waals surface area contributed by atoms with Crippen LogP contribution in [0.2, 0.25) is 5.02 Å². The maximum atomic E-state index is 11.2. The molecule has 0 spiro atoms. The van der Waals surface area contributed by atoms with E-state index in [0.29, 0.717) is 31.3 Å². The van der Waals surface area contributed by atoms with Gasteiger partial charge in [-0.15, -0.1) is 0 Å². The number of carboxylic acids is 1. The Morgan fingerprint density at radius 2 is 2.36 bits per heavy atom. The first-order valence-corrected chi connectivity index (χ1v) is 7.57. The van der Waals surface area contributed by atoms with Crippen LogP contribution < -0.4 is 0 Å². The summed E-state index contributed by atoms with van der Waals surface area (Å²) in [6, 6.07) is 5.72. The SMILES string of the molecule is Cn1nc(CN2CCOCC(C(=O)O)C2)c2c(Cl)cccc21. The average Bonchev–Trinajstić information content (AvgIpc) is 2.66. The summed E-state index contributed by atoms with van der Waals surface area (Å²) in [6.45, 7) is 2.50. The normalized spacial score (nSPS) is 20.2. The van der Waals surface area contributed by atoms with Gasteiger partial charge < -0.3 is 9.84 Å². The summed E-state index contributed by atoms with van der Waals surface area (Å²) in [5.41, 5.74) is 1.84. The van der Waals surface area contributed by atoms with Crippen LogP contribution in [0.4, 0.5) is 0 Å². The number of carbonyl (C=O) groups is 1. The van der Waals surface area contributed by atoms with Crippen molar-refractivity contribution in [2.75, 3.05) is 26.3 Å². The molecule has 0 radical (unpaired) electrons. The highest BCUT2D eigenvalue weighted by Gasteiger charge is 2.25. The summed E-state index contributed by atoms with van der Waals surface area (Å²) in [5.74, 6) is -1.33. The fourth-order valence-electron chi connectivity index (χ4n) is 2.84. The van der Waals surface area contributed by atoms with Crippen LogP contribution in [0.25, 0.3) is 10.9 Å². The first kappa shape index (κ1) is 15.3. The fourth-order valence-corrected chi connectivity index (χ4v) is 3.12. The van der Waals surface area contributed by atoms with Gasteiger partial charge in [-0.3, -0.25) is 14.4 Å². The minimum Gasteiger partial charge on any atom is -0.481 e. The molecular weight excluding hydrogens is 306 g/mol. The van der Waals surface area contributed by atoms with Crippen LogP contribution in [0.15, 0.2) is 18.2 Å². The van der Waals surface area contributed by atoms with Crippen LogP contribution in [-0.4, -0.2) is 52.1 Å². The Labute approximate surface area is 133 Å². The van der Waals surface area contributed by atoms with Crippen LogP contribution in [0.5, 0.6) is 0 Å². The van der Waals surface area contributed by atoms with E-state index in [4.69, 9.17) is 16.3 Å². The summed E-state index contributed by atoms with van der Waals surface area (Å²) in [5, 5.41) is 15.4. The summed E-state index contributed by atoms with van der Waals surface area (Å²) >= 11 is 6.31. The molecule has 1 unspecified atom stereocenters. The minimum atomic E-state index is -0.823. The summed E-state index contributed by atoms with van der Waals surface area (Å²) in [4.78, 5) is 13.3. The van der Waals surface area contributed by atoms with Gasteiger partial charge in [-0.2, -0.15) is 5.10 Å². The third kappa shape index (κ3) is 2.95. The molecule has 118 valence electrons. The molecule has 0 amide bonds. The zero-order valence-electron chi connectivity index (χ0n) is 12.3. The molecule has 3 rings (SSSR count). The molecule has 0 aliphatic carbocycles. The first-order chi connectivity index (χ1) is 10.6. The van der Waals surface area contributed by atoms with Gasteiger partial charge in [0.25, 0.3) is 0 Å². The van der Waals surface area contributed by atoms with E-state index in [1.807, 2.05) is 25.2 Å². The highest BCUT2D eigenvalue weighted by atomic mass is 35.5. The molecule has 22 heavy (non-hydrogen) atoms. The second kappa shape index (κ2) is 6.24. The number of fused-ring (bicyclic) bond motifs is 1. The van der Waals surface area contributed by atoms with Crippen molar-refractivity contribution in [3.8, 4) is 0 Å². The van der Waals surface area contributed by atoms with E-state index in [2.05, 4.69) is 10.00 Å². The summed E-state index contributed by atoms with van der Waals surface area (Å²) in [7, 11) is 1.88. The molecule has 1 N–H and O–H groups in total. The topological polar surface area (TPSA) is 67.6 Å². The van der Waals surface area contributed by atoms with Crippen molar-refractivity contribution in [3.63, 3.8) is 0 Å². The molecule has 2 heterocycles. The zero-order chi connectivity index (χ0) is 15.7. The molecule has 1 aliphatic heterocycles. The molecule has 1 saturated heterocycles. The molecular formula is C15H18ClN3O3. The number of benzene rings is 1. The van der Waals surface area contributed by atoms with E-state index in [0.717, 1.165) is 16.6 Å². The predicted molar refractivity (Wildman–Crippen MR) is 82.9 cm³/mol. The lowest BCUT2D eigenvalue weighted by Gasteiger charge is -2.20. The largest absolute Gasteiger partial charge is 0.481 e. The van der Waals surface area contributed by atoms with Gasteiger partial charge >= 0.3 is 5.97 Å². The predicted octanol–water partition coefficient (Wildman–Crippen LogP) is 1.76. The van der Waals surface area contributed by atoms with Crippen LogP contribution in [0.1, 0.15) is 5.69 Å². The number of aryl methyl sites for hydroxylation is 1. The van der Waals surface area contributed by atoms with Gasteiger partial charge in [0.05, 0.1) is 35.4 Å². The Balaban J connectivity index is 1.87. The number of aromatic nitrogens is 2. The van der Waals surface area contributed by atoms with Crippen molar-refractivity contribution in [1.82, 2.24) is 14.7 Å². The number of aliphatic carboxylic acids is 1. The smallest absolute Gasteiger partial charge is 0.310 e. The Morgan fingerprint density at radius 3 is 3.14 bits per heavy atom. The van der Waals surface area contributed by atoms with Gasteiger partial charge in [0.2, 0.25) is 0 Å². The number of hydrogen-bond acceptors (Lipinski definition) is 4. The first-order valence-electron chi connectivity index (χ1n) is 7.19. The number of nitrogens with zero attached hydrogens (tertiary/aromatic N) is 3. The van der Waals surface area contributed by atoms with Crippen LogP contribution in [0.3, 0.4) is 0 Å². The molecule has 1 aliphatic rings. The molecule has 2 aromatic rings. The van der Waals surface area contributed by atoms with Crippen molar-refractivity contribution in [2.24, 2.45) is 13.0 Å². The van der Waals surface area contributed by atoms with E-state index in [1.54, 1.807) is 4.68 Å². The van der Waals surface area contributed by atoms with Crippen molar-refractivity contribution in [2.45, 2.75) is 6.54 Å². The molecule has 1 aromatic heterocycles. The lowest BCUT2D eigenvalue weighted by atomic mass is 10.1. The van der Waals surface area contributed by atoms with Crippen molar-refractivity contribution < 1.29 is 14.6 Å². The van der Waals surface area contributed by atoms with E-state index < -0.39 is 11.9 Å². The third-order valence-corrected chi connectivity index (χ3v) is 4.29. The Hall–Kier alpha value is -1.63. The van der Waals surface area contributed by atoms with E-state index in [-0.39, 0.29) is 6.61 Å². The minimum absolute atomic E-state index is 0.259. The molecule has 7 heteroatoms. The van der Waals surface area contributed by atoms with E-state index >= 15 is 0 Å². The lowest BCUT2D eigenvalue weighted by Crippen LogP contribution is -2.33. The highest BCUT2D eigenvalue weighted by Crippen LogP contribution is 2.27. The van der Waals surface area contributed by atoms with Gasteiger partial charge in [-0.25, -0.2) is 0 Å². The Kier molecular flexibility index (Phi) is 4.33. The fraction of sp³-hybridized carbons (Fsp3) is 0.467. The average molecular weight is 324 g/mol. The van der Waals surface area contributed by atoms with E-state index in [1.165, 1.54) is 0 Å². The Morgan fingerprint density at radius 1 is 1.55 bits per heavy atom. The maximum Gasteiger partial charge on any atom is 0.310 e. The monoisotopic (exact) mass is 323 g/mol. The highest BCUT2D eigenvalue weighted by molar-refractivity contribution is 6.35. The molecule has 0 bridgehead atoms. The zero-order valence-corrected chi connectivity index (χ0v) is 13.1. The van der Waals surface area contributed by atoms with Gasteiger partial charge in [0, 0.05) is 32.1 Å². The van der Waals surface area contributed by atoms with Gasteiger partial charge in [0.15, 0.2) is 0 Å². The summed E-state index contributed by atoms with van der Waals surface area (Å²) < 4.78 is 7.18.